The molecule has 0 saturated carbocycles. The van der Waals surface area contributed by atoms with Crippen molar-refractivity contribution in [2.24, 2.45) is 0 Å². The van der Waals surface area contributed by atoms with Gasteiger partial charge in [0.25, 0.3) is 5.91 Å². The zero-order valence-electron chi connectivity index (χ0n) is 17.5. The third-order valence-corrected chi connectivity index (χ3v) is 5.03. The fraction of sp³-hybridized carbons (Fsp3) is 0.154. The third kappa shape index (κ3) is 4.51. The highest BCUT2D eigenvalue weighted by Crippen LogP contribution is 2.31. The second-order valence-electron chi connectivity index (χ2n) is 7.34. The Balaban J connectivity index is 1.64. The largest absolute Gasteiger partial charge is 0.476 e. The monoisotopic (exact) mass is 413 g/mol. The van der Waals surface area contributed by atoms with Crippen molar-refractivity contribution in [1.82, 2.24) is 0 Å². The van der Waals surface area contributed by atoms with Crippen LogP contribution in [0, 0.1) is 6.92 Å². The van der Waals surface area contributed by atoms with Crippen LogP contribution >= 0.6 is 0 Å². The smallest absolute Gasteiger partial charge is 0.262 e. The third-order valence-electron chi connectivity index (χ3n) is 5.03. The van der Waals surface area contributed by atoms with Crippen LogP contribution in [0.2, 0.25) is 0 Å². The Morgan fingerprint density at radius 1 is 1.00 bits per heavy atom. The molecule has 5 heteroatoms. The molecule has 0 aliphatic heterocycles. The van der Waals surface area contributed by atoms with Crippen LogP contribution < -0.4 is 15.5 Å². The molecule has 0 saturated heterocycles. The van der Waals surface area contributed by atoms with Crippen molar-refractivity contribution >= 4 is 22.6 Å². The number of fused-ring (bicyclic) bond motifs is 1. The van der Waals surface area contributed by atoms with Gasteiger partial charge < -0.3 is 14.5 Å². The quantitative estimate of drug-likeness (QED) is 0.463. The fourth-order valence-electron chi connectivity index (χ4n) is 3.36. The molecule has 0 aliphatic rings. The number of ether oxygens (including phenoxy) is 1. The second-order valence-corrected chi connectivity index (χ2v) is 7.34. The van der Waals surface area contributed by atoms with Crippen LogP contribution in [0.1, 0.15) is 18.1 Å². The van der Waals surface area contributed by atoms with E-state index in [1.165, 1.54) is 5.56 Å². The van der Waals surface area contributed by atoms with Crippen LogP contribution in [0.5, 0.6) is 5.75 Å². The molecule has 1 heterocycles. The molecule has 0 radical (unpaired) electrons. The van der Waals surface area contributed by atoms with E-state index in [1.54, 1.807) is 12.1 Å². The predicted molar refractivity (Wildman–Crippen MR) is 123 cm³/mol. The van der Waals surface area contributed by atoms with Crippen molar-refractivity contribution in [3.63, 3.8) is 0 Å². The average Bonchev–Trinajstić information content (AvgIpc) is 2.80. The summed E-state index contributed by atoms with van der Waals surface area (Å²) in [5, 5.41) is 3.21. The molecule has 5 nitrogen and oxygen atoms in total. The second kappa shape index (κ2) is 8.88. The summed E-state index contributed by atoms with van der Waals surface area (Å²) in [6.07, 6.45) is 0.927. The number of nitrogens with one attached hydrogen (secondary N) is 1. The lowest BCUT2D eigenvalue weighted by atomic mass is 10.1. The highest BCUT2D eigenvalue weighted by Gasteiger charge is 2.19. The van der Waals surface area contributed by atoms with E-state index < -0.39 is 0 Å². The fourth-order valence-corrected chi connectivity index (χ4v) is 3.36. The minimum Gasteiger partial charge on any atom is -0.476 e. The van der Waals surface area contributed by atoms with Crippen molar-refractivity contribution in [2.75, 3.05) is 11.9 Å². The molecule has 4 rings (SSSR count). The van der Waals surface area contributed by atoms with E-state index in [2.05, 4.69) is 12.2 Å². The van der Waals surface area contributed by atoms with Crippen molar-refractivity contribution in [3.8, 4) is 17.1 Å². The van der Waals surface area contributed by atoms with Gasteiger partial charge in [-0.1, -0.05) is 61.0 Å². The average molecular weight is 413 g/mol. The van der Waals surface area contributed by atoms with E-state index in [4.69, 9.17) is 9.15 Å². The molecule has 1 N–H and O–H groups in total. The Morgan fingerprint density at radius 3 is 2.45 bits per heavy atom. The van der Waals surface area contributed by atoms with Gasteiger partial charge in [0, 0.05) is 11.3 Å². The van der Waals surface area contributed by atoms with Gasteiger partial charge in [0.2, 0.25) is 11.2 Å². The lowest BCUT2D eigenvalue weighted by Gasteiger charge is -2.12. The minimum atomic E-state index is -0.355. The molecule has 3 aromatic carbocycles. The van der Waals surface area contributed by atoms with Crippen LogP contribution in [0.15, 0.2) is 82.0 Å². The van der Waals surface area contributed by atoms with Crippen molar-refractivity contribution < 1.29 is 13.9 Å². The Bertz CT molecular complexity index is 1270. The first-order valence-corrected chi connectivity index (χ1v) is 10.2. The molecule has 0 spiro atoms. The van der Waals surface area contributed by atoms with Gasteiger partial charge in [-0.15, -0.1) is 0 Å². The maximum absolute atomic E-state index is 13.2. The zero-order chi connectivity index (χ0) is 21.8. The van der Waals surface area contributed by atoms with Crippen LogP contribution in [-0.2, 0) is 11.2 Å². The number of hydrogen-bond acceptors (Lipinski definition) is 4. The number of aryl methyl sites for hydroxylation is 2. The molecule has 0 aliphatic carbocycles. The lowest BCUT2D eigenvalue weighted by Crippen LogP contribution is -2.22. The van der Waals surface area contributed by atoms with E-state index >= 15 is 0 Å². The van der Waals surface area contributed by atoms with E-state index in [0.29, 0.717) is 28.0 Å². The zero-order valence-corrected chi connectivity index (χ0v) is 17.5. The van der Waals surface area contributed by atoms with Crippen molar-refractivity contribution in [1.29, 1.82) is 0 Å². The van der Waals surface area contributed by atoms with Gasteiger partial charge in [-0.2, -0.15) is 0 Å². The normalized spacial score (nSPS) is 10.8. The maximum Gasteiger partial charge on any atom is 0.262 e. The molecule has 0 fully saturated rings. The minimum absolute atomic E-state index is 0.0285. The molecule has 31 heavy (non-hydrogen) atoms. The Morgan fingerprint density at radius 2 is 1.74 bits per heavy atom. The van der Waals surface area contributed by atoms with Crippen LogP contribution in [0.3, 0.4) is 0 Å². The predicted octanol–water partition coefficient (Wildman–Crippen LogP) is 5.35. The summed E-state index contributed by atoms with van der Waals surface area (Å²) in [5.74, 6) is -0.0187. The first-order chi connectivity index (χ1) is 15.0. The molecule has 0 unspecified atom stereocenters. The summed E-state index contributed by atoms with van der Waals surface area (Å²) in [6, 6.07) is 22.3. The van der Waals surface area contributed by atoms with Gasteiger partial charge in [-0.05, 0) is 43.2 Å². The summed E-state index contributed by atoms with van der Waals surface area (Å²) < 4.78 is 11.8. The first-order valence-electron chi connectivity index (χ1n) is 10.2. The van der Waals surface area contributed by atoms with Gasteiger partial charge in [0.1, 0.15) is 5.58 Å². The Kier molecular flexibility index (Phi) is 5.85. The molecular formula is C26H23NO4. The first kappa shape index (κ1) is 20.4. The van der Waals surface area contributed by atoms with Gasteiger partial charge in [-0.3, -0.25) is 9.59 Å². The molecule has 0 bridgehead atoms. The van der Waals surface area contributed by atoms with Gasteiger partial charge in [-0.25, -0.2) is 0 Å². The Labute approximate surface area is 180 Å². The van der Waals surface area contributed by atoms with E-state index in [-0.39, 0.29) is 23.7 Å². The highest BCUT2D eigenvalue weighted by atomic mass is 16.5. The number of hydrogen-bond donors (Lipinski definition) is 1. The van der Waals surface area contributed by atoms with Crippen molar-refractivity contribution in [3.05, 3.63) is 94.1 Å². The molecule has 156 valence electrons. The van der Waals surface area contributed by atoms with Gasteiger partial charge in [0.15, 0.2) is 12.4 Å². The SMILES string of the molecule is CCc1ccc(NC(=O)COc2c(-c3ccccc3)oc3ccc(C)cc3c2=O)cc1. The summed E-state index contributed by atoms with van der Waals surface area (Å²) in [5.41, 5.74) is 3.67. The number of anilines is 1. The number of rotatable bonds is 6. The molecule has 0 atom stereocenters. The van der Waals surface area contributed by atoms with Gasteiger partial charge in [0.05, 0.1) is 5.39 Å². The summed E-state index contributed by atoms with van der Waals surface area (Å²) in [6.45, 7) is 3.67. The molecule has 4 aromatic rings. The van der Waals surface area contributed by atoms with Crippen LogP contribution in [0.25, 0.3) is 22.3 Å². The van der Waals surface area contributed by atoms with E-state index in [0.717, 1.165) is 12.0 Å². The van der Waals surface area contributed by atoms with E-state index in [9.17, 15) is 9.59 Å². The summed E-state index contributed by atoms with van der Waals surface area (Å²) >= 11 is 0. The molecular weight excluding hydrogens is 390 g/mol. The Hall–Kier alpha value is -3.86. The van der Waals surface area contributed by atoms with Crippen LogP contribution in [-0.4, -0.2) is 12.5 Å². The molecule has 1 amide bonds. The topological polar surface area (TPSA) is 68.5 Å². The number of benzene rings is 3. The standard InChI is InChI=1S/C26H23NO4/c1-3-18-10-12-20(13-11-18)27-23(28)16-30-26-24(29)21-15-17(2)9-14-22(21)31-25(26)19-7-5-4-6-8-19/h4-15H,3,16H2,1-2H3,(H,27,28). The number of carbonyl (C=O) groups is 1. The lowest BCUT2D eigenvalue weighted by molar-refractivity contribution is -0.118. The maximum atomic E-state index is 13.2. The highest BCUT2D eigenvalue weighted by molar-refractivity contribution is 5.92. The molecule has 1 aromatic heterocycles. The van der Waals surface area contributed by atoms with Crippen LogP contribution in [0.4, 0.5) is 5.69 Å². The van der Waals surface area contributed by atoms with E-state index in [1.807, 2.05) is 67.6 Å². The number of amides is 1. The van der Waals surface area contributed by atoms with Crippen molar-refractivity contribution in [2.45, 2.75) is 20.3 Å². The summed E-state index contributed by atoms with van der Waals surface area (Å²) in [7, 11) is 0. The number of carbonyl (C=O) groups excluding carboxylic acids is 1. The van der Waals surface area contributed by atoms with Gasteiger partial charge >= 0.3 is 0 Å². The summed E-state index contributed by atoms with van der Waals surface area (Å²) in [4.78, 5) is 25.6.